The van der Waals surface area contributed by atoms with Crippen LogP contribution in [-0.2, 0) is 48.3 Å². The van der Waals surface area contributed by atoms with E-state index in [2.05, 4.69) is 531 Å². The fraction of sp³-hybridized carbons (Fsp3) is 0.0870. The minimum Gasteiger partial charge on any atom is -0.310 e. The maximum absolute atomic E-state index is 2.52. The third-order valence-corrected chi connectivity index (χ3v) is 36.6. The maximum atomic E-state index is 2.52. The molecule has 0 saturated heterocycles. The maximum Gasteiger partial charge on any atom is 0.112 e. The van der Waals surface area contributed by atoms with Gasteiger partial charge in [-0.1, -0.05) is 444 Å². The molecule has 4 nitrogen and oxygen atoms in total. The number of hydrogen-bond donors (Lipinski definition) is 0. The van der Waals surface area contributed by atoms with Gasteiger partial charge in [-0.2, -0.15) is 0 Å². The van der Waals surface area contributed by atoms with Gasteiger partial charge in [0.15, 0.2) is 0 Å². The lowest BCUT2D eigenvalue weighted by atomic mass is 9.58. The molecular weight excluding hydrogens is 1740 g/mol. The molecule has 0 fully saturated rings. The Bertz CT molecular complexity index is 9110. The lowest BCUT2D eigenvalue weighted by Gasteiger charge is -2.49. The monoisotopic (exact) mass is 1840 g/mol. The highest BCUT2D eigenvalue weighted by molar-refractivity contribution is 7.01. The van der Waals surface area contributed by atoms with Gasteiger partial charge in [-0.15, -0.1) is 0 Å². The van der Waals surface area contributed by atoms with Crippen molar-refractivity contribution in [3.63, 3.8) is 0 Å². The fourth-order valence-electron chi connectivity index (χ4n) is 27.1. The number of aromatic nitrogens is 3. The average molecular weight is 1840 g/mol. The summed E-state index contributed by atoms with van der Waals surface area (Å²) in [6.07, 6.45) is 5.07. The number of anilines is 3. The summed E-state index contributed by atoms with van der Waals surface area (Å²) in [5.74, 6) is 0. The normalized spacial score (nSPS) is 14.5. The van der Waals surface area contributed by atoms with Gasteiger partial charge in [0.2, 0.25) is 0 Å². The van der Waals surface area contributed by atoms with Crippen LogP contribution in [-0.4, -0.2) is 21.8 Å². The number of para-hydroxylation sites is 9. The van der Waals surface area contributed by atoms with Gasteiger partial charge in [0, 0.05) is 60.4 Å². The van der Waals surface area contributed by atoms with E-state index in [1.54, 1.807) is 10.4 Å². The van der Waals surface area contributed by atoms with Crippen molar-refractivity contribution in [1.82, 2.24) is 13.7 Å². The molecule has 21 aromatic carbocycles. The predicted octanol–water partition coefficient (Wildman–Crippen LogP) is 32.6. The molecule has 0 amide bonds. The zero-order valence-corrected chi connectivity index (χ0v) is 81.5. The predicted molar refractivity (Wildman–Crippen MR) is 599 cm³/mol. The van der Waals surface area contributed by atoms with Gasteiger partial charge < -0.3 is 18.6 Å². The second-order valence-electron chi connectivity index (χ2n) is 40.9. The van der Waals surface area contributed by atoms with Crippen LogP contribution in [0.5, 0.6) is 0 Å². The van der Waals surface area contributed by atoms with Crippen LogP contribution in [0.15, 0.2) is 485 Å². The standard InChI is InChI=1S/C37H24N2.C32H23N.C28H21N.C26H18.C15H16Si/c1-3-14-25(15-4-1)38-31-21-11-9-19-28(31)34-30-23-24-13-7-8-18-27(24)33(30)36-35(37(34)38)29-20-10-12-22-32(29)39(36)26-16-5-2-6-17-26;1-2-14-25(15-3-1)33-30-20-10-8-18-28(30)32(29-19-9-11-21-31(29)33)26-16-6-4-12-23(26)22-24-13-5-7-17-27(24)32;1-28(2)23-12-7-11-21-20-10-5-6-13-25(20)29(27(21)23)26-15-18-14-17-8-3-4-9-19(17)22(18)16-24(26)28;1-5-13-22-18(9-1)17-19-10-2-6-14-23(19)26(22)24-15-7-3-11-20(24)21-12-4-8-16-25(21)26;1-16(2)14-9-5-3-7-12(14)11-13-8-4-6-10-15(13)16/h1-22H,23H2;1-21H,22H2;3-13,15-16H,14H2,1-2H3;1-16H,17H2;3-10H,11H2,1-2H3. The van der Waals surface area contributed by atoms with Crippen molar-refractivity contribution in [1.29, 1.82) is 0 Å². The van der Waals surface area contributed by atoms with Gasteiger partial charge in [-0.25, -0.2) is 0 Å². The SMILES string of the molecule is CC1(C)c2cc3c(cc2-n2c4ccccc4c4cccc1c42)Cc1ccccc1-3.C[Si]1(C)c2ccccc2Cc2ccccc21.c1ccc(-n2c3ccccc3c3c2c2c(c4c5ccccc5n(-c5ccccc5)c43)Cc3ccccc3-2)cc1.c1ccc(N2c3ccccc3C3(c4ccccc4Cc4ccccc43)c3ccccc32)cc1.c1ccc2c(c1)Cc1ccccc1C21c2ccccc2-c2ccccc21. The van der Waals surface area contributed by atoms with Gasteiger partial charge in [0.1, 0.15) is 8.07 Å². The van der Waals surface area contributed by atoms with Crippen LogP contribution < -0.4 is 15.3 Å². The quantitative estimate of drug-likeness (QED) is 0.161. The molecule has 5 heteroatoms. The minimum absolute atomic E-state index is 0.0359. The molecule has 678 valence electrons. The molecule has 143 heavy (non-hydrogen) atoms. The zero-order valence-electron chi connectivity index (χ0n) is 80.5. The average Bonchev–Trinajstić information content (AvgIpc) is 1.65. The third kappa shape index (κ3) is 12.4. The summed E-state index contributed by atoms with van der Waals surface area (Å²) >= 11 is 0. The van der Waals surface area contributed by atoms with Crippen LogP contribution >= 0.6 is 0 Å². The highest BCUT2D eigenvalue weighted by Crippen LogP contribution is 2.63. The number of rotatable bonds is 3. The van der Waals surface area contributed by atoms with E-state index >= 15 is 0 Å². The van der Waals surface area contributed by atoms with Crippen molar-refractivity contribution >= 4 is 101 Å². The van der Waals surface area contributed by atoms with Gasteiger partial charge in [-0.05, 0) is 250 Å². The lowest BCUT2D eigenvalue weighted by Crippen LogP contribution is -2.58. The van der Waals surface area contributed by atoms with E-state index in [9.17, 15) is 0 Å². The first-order valence-electron chi connectivity index (χ1n) is 50.8. The molecule has 0 N–H and O–H groups in total. The fourth-order valence-corrected chi connectivity index (χ4v) is 30.3. The molecular formula is C138H102N4Si. The van der Waals surface area contributed by atoms with Crippen molar-refractivity contribution in [2.75, 3.05) is 4.90 Å². The van der Waals surface area contributed by atoms with Crippen molar-refractivity contribution in [2.24, 2.45) is 0 Å². The zero-order chi connectivity index (χ0) is 95.0. The van der Waals surface area contributed by atoms with Crippen LogP contribution in [0.3, 0.4) is 0 Å². The summed E-state index contributed by atoms with van der Waals surface area (Å²) in [5, 5.41) is 11.2. The van der Waals surface area contributed by atoms with E-state index in [0.717, 1.165) is 32.1 Å². The summed E-state index contributed by atoms with van der Waals surface area (Å²) in [6.45, 7) is 9.69. The Kier molecular flexibility index (Phi) is 19.3. The number of benzene rings is 21. The van der Waals surface area contributed by atoms with Crippen LogP contribution in [0.2, 0.25) is 13.1 Å². The Morgan fingerprint density at radius 3 is 1.08 bits per heavy atom. The first kappa shape index (κ1) is 84.1. The summed E-state index contributed by atoms with van der Waals surface area (Å²) in [5.41, 5.74) is 51.5. The number of fused-ring (bicyclic) bond motifs is 39. The Morgan fingerprint density at radius 2 is 0.559 bits per heavy atom. The van der Waals surface area contributed by atoms with Crippen molar-refractivity contribution in [3.05, 3.63) is 597 Å². The molecule has 0 radical (unpaired) electrons. The first-order valence-corrected chi connectivity index (χ1v) is 53.8. The van der Waals surface area contributed by atoms with Crippen molar-refractivity contribution < 1.29 is 0 Å². The van der Waals surface area contributed by atoms with Gasteiger partial charge in [0.05, 0.1) is 61.0 Å². The highest BCUT2D eigenvalue weighted by Gasteiger charge is 2.52. The molecule has 2 spiro atoms. The number of nitrogens with zero attached hydrogens (tertiary/aromatic N) is 4. The highest BCUT2D eigenvalue weighted by atomic mass is 28.3. The summed E-state index contributed by atoms with van der Waals surface area (Å²) < 4.78 is 7.51. The molecule has 0 bridgehead atoms. The Balaban J connectivity index is 0.0000000891. The van der Waals surface area contributed by atoms with Gasteiger partial charge in [-0.3, -0.25) is 0 Å². The molecule has 0 unspecified atom stereocenters. The Morgan fingerprint density at radius 1 is 0.210 bits per heavy atom. The topological polar surface area (TPSA) is 18.0 Å². The molecule has 24 aromatic rings. The van der Waals surface area contributed by atoms with Crippen molar-refractivity contribution in [3.8, 4) is 50.4 Å². The van der Waals surface area contributed by atoms with E-state index in [0.29, 0.717) is 0 Å². The largest absolute Gasteiger partial charge is 0.310 e. The van der Waals surface area contributed by atoms with Gasteiger partial charge in [0.25, 0.3) is 0 Å². The molecule has 3 aliphatic heterocycles. The minimum atomic E-state index is -1.43. The van der Waals surface area contributed by atoms with Crippen LogP contribution in [0, 0.1) is 0 Å². The van der Waals surface area contributed by atoms with E-state index in [1.165, 1.54) is 244 Å². The lowest BCUT2D eigenvalue weighted by molar-refractivity contribution is 0.630. The molecule has 0 atom stereocenters. The van der Waals surface area contributed by atoms with Gasteiger partial charge >= 0.3 is 0 Å². The smallest absolute Gasteiger partial charge is 0.112 e. The molecule has 32 rings (SSSR count). The second-order valence-corrected chi connectivity index (χ2v) is 45.3. The summed E-state index contributed by atoms with van der Waals surface area (Å²) in [6, 6.07) is 179. The van der Waals surface area contributed by atoms with Crippen LogP contribution in [0.4, 0.5) is 17.1 Å². The van der Waals surface area contributed by atoms with Crippen molar-refractivity contribution in [2.45, 2.75) is 75.3 Å². The Labute approximate surface area is 835 Å². The molecule has 8 aliphatic rings. The summed E-state index contributed by atoms with van der Waals surface area (Å²) in [7, 11) is -1.43. The van der Waals surface area contributed by atoms with E-state index in [4.69, 9.17) is 0 Å². The molecule has 6 heterocycles. The Hall–Kier alpha value is -17.0. The molecule has 5 aliphatic carbocycles. The van der Waals surface area contributed by atoms with E-state index < -0.39 is 8.07 Å². The molecule has 3 aromatic heterocycles. The number of hydrogen-bond acceptors (Lipinski definition) is 1. The second kappa shape index (κ2) is 32.8. The van der Waals surface area contributed by atoms with Crippen LogP contribution in [0.1, 0.15) is 125 Å². The van der Waals surface area contributed by atoms with E-state index in [-0.39, 0.29) is 16.2 Å². The third-order valence-electron chi connectivity index (χ3n) is 33.0. The first-order chi connectivity index (χ1) is 70.5. The molecule has 0 saturated carbocycles. The van der Waals surface area contributed by atoms with Crippen LogP contribution in [0.25, 0.3) is 116 Å². The van der Waals surface area contributed by atoms with E-state index in [1.807, 2.05) is 0 Å². The summed E-state index contributed by atoms with van der Waals surface area (Å²) in [4.78, 5) is 2.43.